The van der Waals surface area contributed by atoms with E-state index >= 15 is 0 Å². The van der Waals surface area contributed by atoms with Crippen molar-refractivity contribution in [1.82, 2.24) is 10.3 Å². The number of carbonyl (C=O) groups is 1. The molecule has 0 atom stereocenters. The molecule has 1 aliphatic rings. The van der Waals surface area contributed by atoms with E-state index in [0.29, 0.717) is 10.7 Å². The summed E-state index contributed by atoms with van der Waals surface area (Å²) in [4.78, 5) is 17.6. The minimum absolute atomic E-state index is 0.144. The van der Waals surface area contributed by atoms with Crippen LogP contribution in [0.5, 0.6) is 5.75 Å². The number of fused-ring (bicyclic) bond motifs is 1. The van der Waals surface area contributed by atoms with Crippen LogP contribution in [0.15, 0.2) is 24.3 Å². The number of nitrogens with one attached hydrogen (secondary N) is 2. The van der Waals surface area contributed by atoms with Crippen LogP contribution < -0.4 is 10.6 Å². The Morgan fingerprint density at radius 2 is 2.30 bits per heavy atom. The van der Waals surface area contributed by atoms with Gasteiger partial charge in [-0.1, -0.05) is 18.2 Å². The first-order valence-electron chi connectivity index (χ1n) is 6.48. The molecule has 2 aromatic rings. The number of aromatic hydroxyl groups is 1. The molecule has 3 rings (SSSR count). The molecule has 0 saturated heterocycles. The summed E-state index contributed by atoms with van der Waals surface area (Å²) in [5.74, 6) is -0.0177. The first-order chi connectivity index (χ1) is 9.72. The molecule has 0 saturated carbocycles. The van der Waals surface area contributed by atoms with Crippen LogP contribution in [-0.4, -0.2) is 22.5 Å². The molecule has 0 radical (unpaired) electrons. The van der Waals surface area contributed by atoms with Crippen LogP contribution in [0.2, 0.25) is 0 Å². The molecule has 0 aliphatic carbocycles. The van der Waals surface area contributed by atoms with E-state index in [2.05, 4.69) is 15.6 Å². The van der Waals surface area contributed by atoms with Gasteiger partial charge in [0.25, 0.3) is 0 Å². The number of para-hydroxylation sites is 1. The van der Waals surface area contributed by atoms with Gasteiger partial charge in [-0.3, -0.25) is 4.79 Å². The van der Waals surface area contributed by atoms with E-state index in [4.69, 9.17) is 0 Å². The van der Waals surface area contributed by atoms with Gasteiger partial charge in [0.1, 0.15) is 5.75 Å². The average Bonchev–Trinajstić information content (AvgIpc) is 2.83. The molecule has 6 heteroatoms. The molecule has 1 aliphatic heterocycles. The van der Waals surface area contributed by atoms with Gasteiger partial charge in [-0.05, 0) is 6.07 Å². The van der Waals surface area contributed by atoms with Crippen LogP contribution in [0.4, 0.5) is 5.13 Å². The zero-order chi connectivity index (χ0) is 13.9. The summed E-state index contributed by atoms with van der Waals surface area (Å²) in [5.41, 5.74) is 1.69. The minimum Gasteiger partial charge on any atom is -0.508 e. The van der Waals surface area contributed by atoms with Crippen LogP contribution in [0.3, 0.4) is 0 Å². The molecule has 104 valence electrons. The second-order valence-corrected chi connectivity index (χ2v) is 5.75. The number of anilines is 1. The van der Waals surface area contributed by atoms with Crippen molar-refractivity contribution in [3.63, 3.8) is 0 Å². The number of amides is 1. The normalized spacial score (nSPS) is 13.8. The molecule has 1 amide bonds. The Bertz CT molecular complexity index is 616. The number of carbonyl (C=O) groups excluding carboxylic acids is 1. The van der Waals surface area contributed by atoms with E-state index in [-0.39, 0.29) is 18.1 Å². The summed E-state index contributed by atoms with van der Waals surface area (Å²) in [5, 5.41) is 16.4. The standard InChI is InChI=1S/C14H15N3O2S/c18-11-4-2-1-3-9(11)7-13(19)17-14-16-10-5-6-15-8-12(10)20-14/h1-4,15,18H,5-8H2,(H,16,17,19). The molecule has 1 aromatic heterocycles. The van der Waals surface area contributed by atoms with Crippen molar-refractivity contribution in [2.24, 2.45) is 0 Å². The second-order valence-electron chi connectivity index (χ2n) is 4.67. The van der Waals surface area contributed by atoms with Gasteiger partial charge in [-0.2, -0.15) is 0 Å². The summed E-state index contributed by atoms with van der Waals surface area (Å²) < 4.78 is 0. The SMILES string of the molecule is O=C(Cc1ccccc1O)Nc1nc2c(s1)CNCC2. The molecule has 0 fully saturated rings. The maximum absolute atomic E-state index is 12.0. The quantitative estimate of drug-likeness (QED) is 0.803. The fourth-order valence-corrected chi connectivity index (χ4v) is 3.17. The number of aromatic nitrogens is 1. The van der Waals surface area contributed by atoms with E-state index < -0.39 is 0 Å². The molecule has 20 heavy (non-hydrogen) atoms. The smallest absolute Gasteiger partial charge is 0.230 e. The van der Waals surface area contributed by atoms with Crippen LogP contribution in [0.1, 0.15) is 16.1 Å². The highest BCUT2D eigenvalue weighted by Crippen LogP contribution is 2.25. The lowest BCUT2D eigenvalue weighted by molar-refractivity contribution is -0.115. The Hall–Kier alpha value is -1.92. The van der Waals surface area contributed by atoms with Crippen molar-refractivity contribution in [3.05, 3.63) is 40.4 Å². The van der Waals surface area contributed by atoms with E-state index in [9.17, 15) is 9.90 Å². The summed E-state index contributed by atoms with van der Waals surface area (Å²) in [6.07, 6.45) is 1.05. The average molecular weight is 289 g/mol. The van der Waals surface area contributed by atoms with Gasteiger partial charge < -0.3 is 15.7 Å². The highest BCUT2D eigenvalue weighted by molar-refractivity contribution is 7.15. The van der Waals surface area contributed by atoms with Crippen LogP contribution in [-0.2, 0) is 24.2 Å². The second kappa shape index (κ2) is 5.60. The third-order valence-corrected chi connectivity index (χ3v) is 4.20. The van der Waals surface area contributed by atoms with E-state index in [1.807, 2.05) is 0 Å². The van der Waals surface area contributed by atoms with Crippen molar-refractivity contribution < 1.29 is 9.90 Å². The largest absolute Gasteiger partial charge is 0.508 e. The van der Waals surface area contributed by atoms with Crippen molar-refractivity contribution in [3.8, 4) is 5.75 Å². The molecule has 0 spiro atoms. The van der Waals surface area contributed by atoms with Gasteiger partial charge in [0.05, 0.1) is 12.1 Å². The first kappa shape index (κ1) is 13.1. The van der Waals surface area contributed by atoms with Crippen LogP contribution >= 0.6 is 11.3 Å². The minimum atomic E-state index is -0.162. The molecular formula is C14H15N3O2S. The number of thiazole rings is 1. The highest BCUT2D eigenvalue weighted by Gasteiger charge is 2.16. The van der Waals surface area contributed by atoms with Crippen molar-refractivity contribution in [2.75, 3.05) is 11.9 Å². The fourth-order valence-electron chi connectivity index (χ4n) is 2.18. The van der Waals surface area contributed by atoms with E-state index in [1.165, 1.54) is 16.2 Å². The van der Waals surface area contributed by atoms with Crippen molar-refractivity contribution in [2.45, 2.75) is 19.4 Å². The van der Waals surface area contributed by atoms with Crippen LogP contribution in [0.25, 0.3) is 0 Å². The van der Waals surface area contributed by atoms with Crippen molar-refractivity contribution >= 4 is 22.4 Å². The lowest BCUT2D eigenvalue weighted by Gasteiger charge is -2.09. The highest BCUT2D eigenvalue weighted by atomic mass is 32.1. The third kappa shape index (κ3) is 2.81. The third-order valence-electron chi connectivity index (χ3n) is 3.19. The number of rotatable bonds is 3. The maximum atomic E-state index is 12.0. The van der Waals surface area contributed by atoms with Crippen molar-refractivity contribution in [1.29, 1.82) is 0 Å². The Morgan fingerprint density at radius 1 is 1.45 bits per heavy atom. The molecule has 1 aromatic carbocycles. The maximum Gasteiger partial charge on any atom is 0.230 e. The topological polar surface area (TPSA) is 74.2 Å². The first-order valence-corrected chi connectivity index (χ1v) is 7.30. The molecule has 0 bridgehead atoms. The molecular weight excluding hydrogens is 274 g/mol. The molecule has 2 heterocycles. The number of hydrogen-bond donors (Lipinski definition) is 3. The number of hydrogen-bond acceptors (Lipinski definition) is 5. The summed E-state index contributed by atoms with van der Waals surface area (Å²) in [6.45, 7) is 1.75. The summed E-state index contributed by atoms with van der Waals surface area (Å²) >= 11 is 1.51. The zero-order valence-corrected chi connectivity index (χ0v) is 11.7. The van der Waals surface area contributed by atoms with E-state index in [1.54, 1.807) is 24.3 Å². The predicted octanol–water partition coefficient (Wildman–Crippen LogP) is 1.68. The predicted molar refractivity (Wildman–Crippen MR) is 78.0 cm³/mol. The van der Waals surface area contributed by atoms with Gasteiger partial charge >= 0.3 is 0 Å². The van der Waals surface area contributed by atoms with Crippen LogP contribution in [0, 0.1) is 0 Å². The molecule has 0 unspecified atom stereocenters. The zero-order valence-electron chi connectivity index (χ0n) is 10.8. The fraction of sp³-hybridized carbons (Fsp3) is 0.286. The Morgan fingerprint density at radius 3 is 3.10 bits per heavy atom. The Balaban J connectivity index is 1.67. The number of nitrogens with zero attached hydrogens (tertiary/aromatic N) is 1. The Labute approximate surface area is 120 Å². The van der Waals surface area contributed by atoms with E-state index in [0.717, 1.165) is 25.2 Å². The van der Waals surface area contributed by atoms with Gasteiger partial charge in [-0.15, -0.1) is 11.3 Å². The lowest BCUT2D eigenvalue weighted by atomic mass is 10.1. The molecule has 3 N–H and O–H groups in total. The van der Waals surface area contributed by atoms with Gasteiger partial charge in [0.15, 0.2) is 5.13 Å². The van der Waals surface area contributed by atoms with Gasteiger partial charge in [-0.25, -0.2) is 4.98 Å². The lowest BCUT2D eigenvalue weighted by Crippen LogP contribution is -2.22. The summed E-state index contributed by atoms with van der Waals surface area (Å²) in [6, 6.07) is 6.86. The number of phenolic OH excluding ortho intramolecular Hbond substituents is 1. The van der Waals surface area contributed by atoms with Gasteiger partial charge in [0, 0.05) is 30.0 Å². The monoisotopic (exact) mass is 289 g/mol. The Kier molecular flexibility index (Phi) is 3.66. The van der Waals surface area contributed by atoms with Gasteiger partial charge in [0.2, 0.25) is 5.91 Å². The molecule has 5 nitrogen and oxygen atoms in total. The summed E-state index contributed by atoms with van der Waals surface area (Å²) in [7, 11) is 0. The number of phenols is 1. The number of benzene rings is 1.